The average Bonchev–Trinajstić information content (AvgIpc) is 3.56. The third-order valence-electron chi connectivity index (χ3n) is 6.68. The third-order valence-corrected chi connectivity index (χ3v) is 9.63. The molecule has 0 spiro atoms. The van der Waals surface area contributed by atoms with Crippen molar-refractivity contribution in [3.05, 3.63) is 39.7 Å². The summed E-state index contributed by atoms with van der Waals surface area (Å²) in [5.74, 6) is 0.992. The topological polar surface area (TPSA) is 132 Å². The predicted molar refractivity (Wildman–Crippen MR) is 131 cm³/mol. The van der Waals surface area contributed by atoms with E-state index >= 15 is 0 Å². The van der Waals surface area contributed by atoms with Crippen molar-refractivity contribution in [1.82, 2.24) is 29.5 Å². The van der Waals surface area contributed by atoms with E-state index in [2.05, 4.69) is 29.8 Å². The number of nitrogens with two attached hydrogens (primary N) is 1. The molecule has 3 aromatic rings. The number of piperidine rings is 1. The summed E-state index contributed by atoms with van der Waals surface area (Å²) in [5.41, 5.74) is 6.11. The monoisotopic (exact) mass is 522 g/mol. The largest absolute Gasteiger partial charge is 0.368 e. The molecule has 3 aromatic heterocycles. The summed E-state index contributed by atoms with van der Waals surface area (Å²) >= 11 is 8.05. The Morgan fingerprint density at radius 2 is 2.00 bits per heavy atom. The second-order valence-corrected chi connectivity index (χ2v) is 11.9. The fourth-order valence-corrected chi connectivity index (χ4v) is 7.73. The lowest BCUT2D eigenvalue weighted by Gasteiger charge is -2.34. The first-order valence-corrected chi connectivity index (χ1v) is 14.0. The van der Waals surface area contributed by atoms with E-state index in [-0.39, 0.29) is 10.9 Å². The molecule has 0 amide bonds. The summed E-state index contributed by atoms with van der Waals surface area (Å²) < 4.78 is 31.5. The van der Waals surface area contributed by atoms with Crippen LogP contribution in [0.3, 0.4) is 0 Å². The van der Waals surface area contributed by atoms with E-state index in [4.69, 9.17) is 17.3 Å². The van der Waals surface area contributed by atoms with Crippen molar-refractivity contribution in [3.63, 3.8) is 0 Å². The Balaban J connectivity index is 1.32. The van der Waals surface area contributed by atoms with Crippen molar-refractivity contribution in [2.45, 2.75) is 61.9 Å². The molecule has 2 fully saturated rings. The summed E-state index contributed by atoms with van der Waals surface area (Å²) in [7, 11) is -3.83. The van der Waals surface area contributed by atoms with Crippen molar-refractivity contribution >= 4 is 44.7 Å². The number of anilines is 2. The van der Waals surface area contributed by atoms with Gasteiger partial charge in [0.05, 0.1) is 10.6 Å². The van der Waals surface area contributed by atoms with Crippen LogP contribution in [-0.4, -0.2) is 46.2 Å². The first kappa shape index (κ1) is 23.5. The molecule has 13 heteroatoms. The molecule has 1 saturated heterocycles. The van der Waals surface area contributed by atoms with Crippen LogP contribution in [0.15, 0.2) is 28.9 Å². The Labute approximate surface area is 207 Å². The van der Waals surface area contributed by atoms with Gasteiger partial charge < -0.3 is 10.6 Å². The third kappa shape index (κ3) is 4.39. The zero-order valence-electron chi connectivity index (χ0n) is 18.8. The van der Waals surface area contributed by atoms with Gasteiger partial charge in [-0.2, -0.15) is 4.72 Å². The summed E-state index contributed by atoms with van der Waals surface area (Å²) in [6.45, 7) is 3.35. The normalized spacial score (nSPS) is 19.1. The van der Waals surface area contributed by atoms with Crippen molar-refractivity contribution in [1.29, 1.82) is 0 Å². The van der Waals surface area contributed by atoms with Crippen LogP contribution in [0.25, 0.3) is 0 Å². The molecule has 34 heavy (non-hydrogen) atoms. The van der Waals surface area contributed by atoms with Crippen LogP contribution in [0, 0.1) is 6.92 Å². The Morgan fingerprint density at radius 1 is 1.26 bits per heavy atom. The van der Waals surface area contributed by atoms with Crippen molar-refractivity contribution in [2.24, 2.45) is 0 Å². The molecule has 0 aromatic carbocycles. The SMILES string of the molecule is Cc1csc(C2(NS(=O)(=O)c3cnc(N4CCC(n5cnnc5N)CC4)c(Cl)c3)CCCC2)n1. The van der Waals surface area contributed by atoms with Crippen molar-refractivity contribution in [3.8, 4) is 0 Å². The smallest absolute Gasteiger partial charge is 0.243 e. The fraction of sp³-hybridized carbons (Fsp3) is 0.524. The van der Waals surface area contributed by atoms with Crippen LogP contribution < -0.4 is 15.4 Å². The van der Waals surface area contributed by atoms with Gasteiger partial charge in [-0.15, -0.1) is 21.5 Å². The Bertz CT molecular complexity index is 1280. The van der Waals surface area contributed by atoms with Crippen LogP contribution >= 0.6 is 22.9 Å². The van der Waals surface area contributed by atoms with Gasteiger partial charge in [-0.05, 0) is 38.7 Å². The van der Waals surface area contributed by atoms with Crippen LogP contribution in [0.4, 0.5) is 11.8 Å². The molecule has 1 aliphatic carbocycles. The van der Waals surface area contributed by atoms with Gasteiger partial charge in [0.2, 0.25) is 16.0 Å². The van der Waals surface area contributed by atoms with Crippen molar-refractivity contribution < 1.29 is 8.42 Å². The lowest BCUT2D eigenvalue weighted by Crippen LogP contribution is -2.43. The molecule has 4 heterocycles. The van der Waals surface area contributed by atoms with Gasteiger partial charge in [-0.3, -0.25) is 4.57 Å². The quantitative estimate of drug-likeness (QED) is 0.504. The number of halogens is 1. The Morgan fingerprint density at radius 3 is 2.59 bits per heavy atom. The van der Waals surface area contributed by atoms with Gasteiger partial charge in [0, 0.05) is 36.4 Å². The molecule has 5 rings (SSSR count). The number of rotatable bonds is 6. The van der Waals surface area contributed by atoms with E-state index in [0.29, 0.717) is 29.9 Å². The average molecular weight is 523 g/mol. The highest BCUT2D eigenvalue weighted by Crippen LogP contribution is 2.41. The van der Waals surface area contributed by atoms with Crippen LogP contribution in [0.5, 0.6) is 0 Å². The number of nitrogen functional groups attached to an aromatic ring is 1. The number of thiazole rings is 1. The van der Waals surface area contributed by atoms with Gasteiger partial charge in [-0.1, -0.05) is 24.4 Å². The minimum atomic E-state index is -3.83. The summed E-state index contributed by atoms with van der Waals surface area (Å²) in [5, 5.41) is 10.8. The first-order chi connectivity index (χ1) is 16.3. The molecule has 2 aliphatic rings. The number of nitrogens with zero attached hydrogens (tertiary/aromatic N) is 6. The minimum Gasteiger partial charge on any atom is -0.368 e. The van der Waals surface area contributed by atoms with E-state index in [1.807, 2.05) is 16.9 Å². The lowest BCUT2D eigenvalue weighted by molar-refractivity contribution is 0.398. The van der Waals surface area contributed by atoms with E-state index in [1.165, 1.54) is 23.6 Å². The van der Waals surface area contributed by atoms with E-state index in [9.17, 15) is 8.42 Å². The number of aryl methyl sites for hydroxylation is 1. The molecule has 10 nitrogen and oxygen atoms in total. The molecular weight excluding hydrogens is 496 g/mol. The highest BCUT2D eigenvalue weighted by atomic mass is 35.5. The second-order valence-electron chi connectivity index (χ2n) is 8.98. The van der Waals surface area contributed by atoms with Crippen LogP contribution in [-0.2, 0) is 15.6 Å². The van der Waals surface area contributed by atoms with E-state index < -0.39 is 15.6 Å². The summed E-state index contributed by atoms with van der Waals surface area (Å²) in [6, 6.07) is 1.71. The summed E-state index contributed by atoms with van der Waals surface area (Å²) in [4.78, 5) is 11.2. The van der Waals surface area contributed by atoms with Crippen LogP contribution in [0.2, 0.25) is 5.02 Å². The maximum Gasteiger partial charge on any atom is 0.243 e. The molecule has 1 aliphatic heterocycles. The highest BCUT2D eigenvalue weighted by molar-refractivity contribution is 7.89. The Hall–Kier alpha value is -2.28. The molecule has 0 unspecified atom stereocenters. The molecule has 1 saturated carbocycles. The highest BCUT2D eigenvalue weighted by Gasteiger charge is 2.42. The number of sulfonamides is 1. The van der Waals surface area contributed by atoms with Gasteiger partial charge in [0.15, 0.2) is 0 Å². The maximum atomic E-state index is 13.3. The number of hydrogen-bond acceptors (Lipinski definition) is 9. The molecular formula is C21H27ClN8O2S2. The predicted octanol–water partition coefficient (Wildman–Crippen LogP) is 3.26. The van der Waals surface area contributed by atoms with Gasteiger partial charge in [-0.25, -0.2) is 18.4 Å². The molecule has 0 bridgehead atoms. The lowest BCUT2D eigenvalue weighted by atomic mass is 10.0. The number of hydrogen-bond donors (Lipinski definition) is 2. The number of aromatic nitrogens is 5. The summed E-state index contributed by atoms with van der Waals surface area (Å²) in [6.07, 6.45) is 8.07. The number of nitrogens with one attached hydrogen (secondary N) is 1. The minimum absolute atomic E-state index is 0.0629. The van der Waals surface area contributed by atoms with E-state index in [0.717, 1.165) is 49.2 Å². The maximum absolute atomic E-state index is 13.3. The molecule has 182 valence electrons. The van der Waals surface area contributed by atoms with Crippen molar-refractivity contribution in [2.75, 3.05) is 23.7 Å². The fourth-order valence-electron chi connectivity index (χ4n) is 4.91. The van der Waals surface area contributed by atoms with Gasteiger partial charge in [0.25, 0.3) is 0 Å². The Kier molecular flexibility index (Phi) is 6.25. The molecule has 0 radical (unpaired) electrons. The molecule has 0 atom stereocenters. The standard InChI is InChI=1S/C21H27ClN8O2S2/c1-14-12-33-19(26-14)21(6-2-3-7-21)28-34(31,32)16-10-17(22)18(24-11-16)29-8-4-15(5-9-29)30-13-25-27-20(30)23/h10-13,15,28H,2-9H2,1H3,(H2,23,27). The first-order valence-electron chi connectivity index (χ1n) is 11.3. The number of pyridine rings is 1. The van der Waals surface area contributed by atoms with E-state index in [1.54, 1.807) is 6.33 Å². The molecule has 3 N–H and O–H groups in total. The second kappa shape index (κ2) is 9.06. The van der Waals surface area contributed by atoms with Gasteiger partial charge in [0.1, 0.15) is 22.0 Å². The zero-order valence-corrected chi connectivity index (χ0v) is 21.2. The zero-order chi connectivity index (χ0) is 23.9. The van der Waals surface area contributed by atoms with Crippen LogP contribution in [0.1, 0.15) is 55.3 Å². The van der Waals surface area contributed by atoms with Gasteiger partial charge >= 0.3 is 0 Å².